The maximum absolute atomic E-state index is 12.4. The van der Waals surface area contributed by atoms with Crippen LogP contribution in [0, 0.1) is 0 Å². The zero-order valence-corrected chi connectivity index (χ0v) is 14.4. The Morgan fingerprint density at radius 3 is 2.24 bits per heavy atom. The van der Waals surface area contributed by atoms with Gasteiger partial charge in [-0.3, -0.25) is 9.69 Å². The highest BCUT2D eigenvalue weighted by Crippen LogP contribution is 2.28. The number of carbonyl (C=O) groups excluding carboxylic acids is 1. The summed E-state index contributed by atoms with van der Waals surface area (Å²) in [5.74, 6) is 0.532. The van der Waals surface area contributed by atoms with Gasteiger partial charge in [0.05, 0.1) is 5.54 Å². The van der Waals surface area contributed by atoms with Crippen LogP contribution in [0.4, 0.5) is 0 Å². The molecule has 0 aliphatic rings. The van der Waals surface area contributed by atoms with Gasteiger partial charge in [-0.1, -0.05) is 25.9 Å². The fourth-order valence-corrected chi connectivity index (χ4v) is 2.50. The molecule has 21 heavy (non-hydrogen) atoms. The molecule has 0 spiro atoms. The third-order valence-electron chi connectivity index (χ3n) is 4.65. The molecule has 5 heteroatoms. The third kappa shape index (κ3) is 3.64. The molecular formula is C16H29N3O2. The van der Waals surface area contributed by atoms with Crippen molar-refractivity contribution in [1.29, 1.82) is 0 Å². The van der Waals surface area contributed by atoms with E-state index >= 15 is 0 Å². The number of hydrogen-bond donors (Lipinski definition) is 1. The van der Waals surface area contributed by atoms with Gasteiger partial charge >= 0.3 is 0 Å². The van der Waals surface area contributed by atoms with Gasteiger partial charge in [0.15, 0.2) is 5.69 Å². The van der Waals surface area contributed by atoms with E-state index in [4.69, 9.17) is 4.52 Å². The van der Waals surface area contributed by atoms with Crippen LogP contribution in [0.3, 0.4) is 0 Å². The Bertz CT molecular complexity index is 474. The number of hydrogen-bond acceptors (Lipinski definition) is 4. The van der Waals surface area contributed by atoms with Crippen LogP contribution in [0.1, 0.15) is 64.7 Å². The Kier molecular flexibility index (Phi) is 5.56. The summed E-state index contributed by atoms with van der Waals surface area (Å²) in [6.07, 6.45) is 0.731. The lowest BCUT2D eigenvalue weighted by Gasteiger charge is -2.49. The molecule has 1 heterocycles. The quantitative estimate of drug-likeness (QED) is 0.840. The Balaban J connectivity index is 2.90. The van der Waals surface area contributed by atoms with E-state index in [0.717, 1.165) is 25.3 Å². The Labute approximate surface area is 128 Å². The molecule has 0 bridgehead atoms. The molecule has 0 unspecified atom stereocenters. The van der Waals surface area contributed by atoms with Crippen LogP contribution >= 0.6 is 0 Å². The summed E-state index contributed by atoms with van der Waals surface area (Å²) in [5.41, 5.74) is -0.236. The number of nitrogens with zero attached hydrogens (tertiary/aromatic N) is 2. The number of aryl methyl sites for hydroxylation is 1. The first-order valence-corrected chi connectivity index (χ1v) is 7.72. The number of aromatic nitrogens is 1. The van der Waals surface area contributed by atoms with Crippen molar-refractivity contribution in [3.8, 4) is 0 Å². The van der Waals surface area contributed by atoms with Crippen molar-refractivity contribution in [3.05, 3.63) is 17.5 Å². The predicted molar refractivity (Wildman–Crippen MR) is 84.4 cm³/mol. The summed E-state index contributed by atoms with van der Waals surface area (Å²) in [6.45, 7) is 16.5. The van der Waals surface area contributed by atoms with Crippen LogP contribution < -0.4 is 5.32 Å². The summed E-state index contributed by atoms with van der Waals surface area (Å²) in [5, 5.41) is 6.93. The summed E-state index contributed by atoms with van der Waals surface area (Å²) in [6, 6.07) is 1.70. The molecule has 0 atom stereocenters. The standard InChI is InChI=1S/C16H29N3O2/c1-8-12-11-13(18-21-12)14(20)17-15(4,5)16(6,7)19(9-2)10-3/h11H,8-10H2,1-7H3,(H,17,20). The highest BCUT2D eigenvalue weighted by Gasteiger charge is 2.42. The van der Waals surface area contributed by atoms with Crippen LogP contribution in [-0.4, -0.2) is 40.1 Å². The molecule has 1 aromatic heterocycles. The van der Waals surface area contributed by atoms with Crippen molar-refractivity contribution in [2.75, 3.05) is 13.1 Å². The monoisotopic (exact) mass is 295 g/mol. The van der Waals surface area contributed by atoms with Crippen molar-refractivity contribution in [1.82, 2.24) is 15.4 Å². The molecule has 0 saturated heterocycles. The molecule has 1 aromatic rings. The molecule has 1 amide bonds. The van der Waals surface area contributed by atoms with E-state index in [1.807, 2.05) is 20.8 Å². The lowest BCUT2D eigenvalue weighted by Crippen LogP contribution is -2.65. The van der Waals surface area contributed by atoms with Gasteiger partial charge in [-0.15, -0.1) is 0 Å². The molecule has 0 saturated carbocycles. The lowest BCUT2D eigenvalue weighted by molar-refractivity contribution is 0.0425. The molecule has 0 aromatic carbocycles. The van der Waals surface area contributed by atoms with Gasteiger partial charge in [-0.2, -0.15) is 0 Å². The molecule has 0 aliphatic carbocycles. The smallest absolute Gasteiger partial charge is 0.273 e. The van der Waals surface area contributed by atoms with Crippen LogP contribution in [0.15, 0.2) is 10.6 Å². The van der Waals surface area contributed by atoms with E-state index in [9.17, 15) is 4.79 Å². The zero-order chi connectivity index (χ0) is 16.3. The molecule has 1 rings (SSSR count). The first-order chi connectivity index (χ1) is 9.69. The van der Waals surface area contributed by atoms with Crippen LogP contribution in [0.25, 0.3) is 0 Å². The highest BCUT2D eigenvalue weighted by atomic mass is 16.5. The van der Waals surface area contributed by atoms with E-state index in [2.05, 4.69) is 43.1 Å². The number of rotatable bonds is 7. The van der Waals surface area contributed by atoms with Crippen LogP contribution in [0.5, 0.6) is 0 Å². The van der Waals surface area contributed by atoms with Gasteiger partial charge in [0.25, 0.3) is 5.91 Å². The fraction of sp³-hybridized carbons (Fsp3) is 0.750. The van der Waals surface area contributed by atoms with E-state index in [-0.39, 0.29) is 11.4 Å². The first kappa shape index (κ1) is 17.7. The third-order valence-corrected chi connectivity index (χ3v) is 4.65. The maximum atomic E-state index is 12.4. The fourth-order valence-electron chi connectivity index (χ4n) is 2.50. The maximum Gasteiger partial charge on any atom is 0.273 e. The first-order valence-electron chi connectivity index (χ1n) is 7.72. The summed E-state index contributed by atoms with van der Waals surface area (Å²) >= 11 is 0. The number of amides is 1. The topological polar surface area (TPSA) is 58.4 Å². The molecule has 1 N–H and O–H groups in total. The van der Waals surface area contributed by atoms with Gasteiger partial charge in [-0.05, 0) is 40.8 Å². The van der Waals surface area contributed by atoms with Crippen molar-refractivity contribution in [2.45, 2.75) is 66.0 Å². The van der Waals surface area contributed by atoms with Gasteiger partial charge in [0.2, 0.25) is 0 Å². The second kappa shape index (κ2) is 6.60. The predicted octanol–water partition coefficient (Wildman–Crippen LogP) is 2.87. The summed E-state index contributed by atoms with van der Waals surface area (Å²) in [7, 11) is 0. The Morgan fingerprint density at radius 1 is 1.24 bits per heavy atom. The normalized spacial score (nSPS) is 12.8. The van der Waals surface area contributed by atoms with E-state index < -0.39 is 5.54 Å². The average molecular weight is 295 g/mol. The van der Waals surface area contributed by atoms with Gasteiger partial charge in [0, 0.05) is 18.0 Å². The SMILES string of the molecule is CCc1cc(C(=O)NC(C)(C)C(C)(C)N(CC)CC)no1. The minimum Gasteiger partial charge on any atom is -0.361 e. The Hall–Kier alpha value is -1.36. The van der Waals surface area contributed by atoms with Crippen LogP contribution in [0.2, 0.25) is 0 Å². The van der Waals surface area contributed by atoms with Gasteiger partial charge in [-0.25, -0.2) is 0 Å². The molecule has 0 aliphatic heterocycles. The van der Waals surface area contributed by atoms with Crippen LogP contribution in [-0.2, 0) is 6.42 Å². The van der Waals surface area contributed by atoms with Gasteiger partial charge in [0.1, 0.15) is 5.76 Å². The van der Waals surface area contributed by atoms with Gasteiger partial charge < -0.3 is 9.84 Å². The lowest BCUT2D eigenvalue weighted by atomic mass is 9.80. The summed E-state index contributed by atoms with van der Waals surface area (Å²) in [4.78, 5) is 14.7. The number of likely N-dealkylation sites (N-methyl/N-ethyl adjacent to an activating group) is 1. The highest BCUT2D eigenvalue weighted by molar-refractivity contribution is 5.92. The molecule has 0 fully saturated rings. The molecule has 0 radical (unpaired) electrons. The minimum atomic E-state index is -0.401. The largest absolute Gasteiger partial charge is 0.361 e. The zero-order valence-electron chi connectivity index (χ0n) is 14.4. The second-order valence-corrected chi connectivity index (χ2v) is 6.34. The Morgan fingerprint density at radius 2 is 1.81 bits per heavy atom. The number of nitrogens with one attached hydrogen (secondary N) is 1. The van der Waals surface area contributed by atoms with E-state index in [1.54, 1.807) is 6.07 Å². The van der Waals surface area contributed by atoms with E-state index in [0.29, 0.717) is 5.69 Å². The van der Waals surface area contributed by atoms with E-state index in [1.165, 1.54) is 0 Å². The van der Waals surface area contributed by atoms with Crippen molar-refractivity contribution < 1.29 is 9.32 Å². The number of carbonyl (C=O) groups is 1. The average Bonchev–Trinajstić information content (AvgIpc) is 2.88. The minimum absolute atomic E-state index is 0.177. The summed E-state index contributed by atoms with van der Waals surface area (Å²) < 4.78 is 5.10. The second-order valence-electron chi connectivity index (χ2n) is 6.34. The van der Waals surface area contributed by atoms with Crippen molar-refractivity contribution in [2.24, 2.45) is 0 Å². The van der Waals surface area contributed by atoms with Crippen molar-refractivity contribution in [3.63, 3.8) is 0 Å². The molecular weight excluding hydrogens is 266 g/mol. The molecule has 5 nitrogen and oxygen atoms in total. The van der Waals surface area contributed by atoms with Crippen molar-refractivity contribution >= 4 is 5.91 Å². The molecule has 120 valence electrons.